The molecule has 1 saturated carbocycles. The predicted octanol–water partition coefficient (Wildman–Crippen LogP) is 1.83. The van der Waals surface area contributed by atoms with Crippen molar-refractivity contribution in [3.63, 3.8) is 0 Å². The number of nitrogens with two attached hydrogens (primary N) is 1. The van der Waals surface area contributed by atoms with E-state index < -0.39 is 6.04 Å². The number of amides is 1. The molecule has 0 spiro atoms. The van der Waals surface area contributed by atoms with Crippen molar-refractivity contribution in [2.24, 2.45) is 11.7 Å². The first-order valence-corrected chi connectivity index (χ1v) is 7.16. The summed E-state index contributed by atoms with van der Waals surface area (Å²) in [6, 6.07) is 7.68. The number of hydrogen-bond donors (Lipinski definition) is 2. The van der Waals surface area contributed by atoms with Crippen LogP contribution in [0.25, 0.3) is 0 Å². The van der Waals surface area contributed by atoms with E-state index in [1.165, 1.54) is 5.56 Å². The number of methoxy groups -OCH3 is 1. The van der Waals surface area contributed by atoms with Crippen LogP contribution in [-0.2, 0) is 10.2 Å². The largest absolute Gasteiger partial charge is 0.497 e. The highest BCUT2D eigenvalue weighted by atomic mass is 16.5. The lowest BCUT2D eigenvalue weighted by Crippen LogP contribution is -2.46. The van der Waals surface area contributed by atoms with Crippen LogP contribution >= 0.6 is 0 Å². The molecule has 1 fully saturated rings. The minimum absolute atomic E-state index is 0.0558. The van der Waals surface area contributed by atoms with E-state index in [-0.39, 0.29) is 17.2 Å². The number of hydrogen-bond acceptors (Lipinski definition) is 3. The second-order valence-electron chi connectivity index (χ2n) is 6.00. The highest BCUT2D eigenvalue weighted by Crippen LogP contribution is 2.47. The maximum absolute atomic E-state index is 11.9. The second-order valence-corrected chi connectivity index (χ2v) is 6.00. The summed E-state index contributed by atoms with van der Waals surface area (Å²) in [5.41, 5.74) is 7.21. The molecule has 20 heavy (non-hydrogen) atoms. The van der Waals surface area contributed by atoms with Gasteiger partial charge in [-0.15, -0.1) is 0 Å². The number of rotatable bonds is 6. The van der Waals surface area contributed by atoms with Crippen molar-refractivity contribution >= 4 is 5.91 Å². The SMILES string of the molecule is COc1ccc(C2(CNC(=O)C(N)C(C)C)CC2)cc1. The third-order valence-electron chi connectivity index (χ3n) is 4.18. The van der Waals surface area contributed by atoms with E-state index in [2.05, 4.69) is 17.4 Å². The normalized spacial score (nSPS) is 17.6. The zero-order valence-electron chi connectivity index (χ0n) is 12.5. The minimum Gasteiger partial charge on any atom is -0.497 e. The van der Waals surface area contributed by atoms with E-state index in [1.54, 1.807) is 7.11 Å². The van der Waals surface area contributed by atoms with Crippen LogP contribution < -0.4 is 15.8 Å². The van der Waals surface area contributed by atoms with Gasteiger partial charge in [-0.3, -0.25) is 4.79 Å². The van der Waals surface area contributed by atoms with Crippen molar-refractivity contribution in [1.29, 1.82) is 0 Å². The monoisotopic (exact) mass is 276 g/mol. The van der Waals surface area contributed by atoms with Gasteiger partial charge in [0.15, 0.2) is 0 Å². The average molecular weight is 276 g/mol. The standard InChI is InChI=1S/C16H24N2O2/c1-11(2)14(17)15(19)18-10-16(8-9-16)12-4-6-13(20-3)7-5-12/h4-7,11,14H,8-10,17H2,1-3H3,(H,18,19). The van der Waals surface area contributed by atoms with Crippen LogP contribution in [0.4, 0.5) is 0 Å². The Labute approximate surface area is 120 Å². The fourth-order valence-corrected chi connectivity index (χ4v) is 2.34. The third-order valence-corrected chi connectivity index (χ3v) is 4.18. The molecule has 4 heteroatoms. The molecule has 0 radical (unpaired) electrons. The van der Waals surface area contributed by atoms with Crippen LogP contribution in [-0.4, -0.2) is 25.6 Å². The topological polar surface area (TPSA) is 64.3 Å². The molecule has 0 aromatic heterocycles. The van der Waals surface area contributed by atoms with E-state index in [0.717, 1.165) is 18.6 Å². The Hall–Kier alpha value is -1.55. The van der Waals surface area contributed by atoms with E-state index >= 15 is 0 Å². The molecule has 1 aromatic carbocycles. The third kappa shape index (κ3) is 3.12. The quantitative estimate of drug-likeness (QED) is 0.833. The Morgan fingerprint density at radius 2 is 1.95 bits per heavy atom. The van der Waals surface area contributed by atoms with Gasteiger partial charge in [0, 0.05) is 12.0 Å². The Balaban J connectivity index is 1.96. The number of ether oxygens (including phenoxy) is 1. The van der Waals surface area contributed by atoms with Crippen molar-refractivity contribution in [2.75, 3.05) is 13.7 Å². The molecule has 0 saturated heterocycles. The van der Waals surface area contributed by atoms with Crippen molar-refractivity contribution < 1.29 is 9.53 Å². The molecule has 1 atom stereocenters. The maximum atomic E-state index is 11.9. The van der Waals surface area contributed by atoms with Crippen molar-refractivity contribution in [3.05, 3.63) is 29.8 Å². The second kappa shape index (κ2) is 5.83. The molecule has 3 N–H and O–H groups in total. The Morgan fingerprint density at radius 3 is 2.40 bits per heavy atom. The van der Waals surface area contributed by atoms with Gasteiger partial charge in [0.1, 0.15) is 5.75 Å². The Kier molecular flexibility index (Phi) is 4.33. The molecule has 4 nitrogen and oxygen atoms in total. The number of benzene rings is 1. The van der Waals surface area contributed by atoms with Crippen molar-refractivity contribution in [1.82, 2.24) is 5.32 Å². The average Bonchev–Trinajstić information content (AvgIpc) is 3.25. The first-order chi connectivity index (χ1) is 9.48. The molecule has 1 amide bonds. The van der Waals surface area contributed by atoms with Gasteiger partial charge < -0.3 is 15.8 Å². The Morgan fingerprint density at radius 1 is 1.35 bits per heavy atom. The lowest BCUT2D eigenvalue weighted by molar-refractivity contribution is -0.123. The fraction of sp³-hybridized carbons (Fsp3) is 0.562. The molecule has 110 valence electrons. The van der Waals surface area contributed by atoms with Crippen LogP contribution in [0.2, 0.25) is 0 Å². The number of carbonyl (C=O) groups excluding carboxylic acids is 1. The summed E-state index contributed by atoms with van der Waals surface area (Å²) in [7, 11) is 1.66. The highest BCUT2D eigenvalue weighted by molar-refractivity contribution is 5.81. The smallest absolute Gasteiger partial charge is 0.237 e. The molecule has 0 bridgehead atoms. The van der Waals surface area contributed by atoms with Gasteiger partial charge in [-0.2, -0.15) is 0 Å². The van der Waals surface area contributed by atoms with E-state index in [0.29, 0.717) is 6.54 Å². The van der Waals surface area contributed by atoms with Gasteiger partial charge in [0.2, 0.25) is 5.91 Å². The lowest BCUT2D eigenvalue weighted by atomic mass is 9.95. The lowest BCUT2D eigenvalue weighted by Gasteiger charge is -2.20. The van der Waals surface area contributed by atoms with Gasteiger partial charge in [-0.05, 0) is 36.5 Å². The first-order valence-electron chi connectivity index (χ1n) is 7.16. The molecular weight excluding hydrogens is 252 g/mol. The summed E-state index contributed by atoms with van der Waals surface area (Å²) in [4.78, 5) is 11.9. The summed E-state index contributed by atoms with van der Waals surface area (Å²) in [5, 5.41) is 3.00. The van der Waals surface area contributed by atoms with Crippen molar-refractivity contribution in [2.45, 2.75) is 38.1 Å². The molecule has 0 heterocycles. The Bertz CT molecular complexity index is 464. The van der Waals surface area contributed by atoms with Gasteiger partial charge in [-0.1, -0.05) is 26.0 Å². The van der Waals surface area contributed by atoms with Gasteiger partial charge >= 0.3 is 0 Å². The summed E-state index contributed by atoms with van der Waals surface area (Å²) in [6.07, 6.45) is 2.22. The van der Waals surface area contributed by atoms with Crippen LogP contribution in [0.15, 0.2) is 24.3 Å². The van der Waals surface area contributed by atoms with Gasteiger partial charge in [0.25, 0.3) is 0 Å². The van der Waals surface area contributed by atoms with E-state index in [9.17, 15) is 4.79 Å². The molecule has 1 aliphatic carbocycles. The van der Waals surface area contributed by atoms with Crippen LogP contribution in [0, 0.1) is 5.92 Å². The fourth-order valence-electron chi connectivity index (χ4n) is 2.34. The molecule has 1 unspecified atom stereocenters. The zero-order valence-corrected chi connectivity index (χ0v) is 12.5. The van der Waals surface area contributed by atoms with Crippen LogP contribution in [0.3, 0.4) is 0 Å². The molecule has 1 aromatic rings. The molecular formula is C16H24N2O2. The minimum atomic E-state index is -0.429. The summed E-state index contributed by atoms with van der Waals surface area (Å²) in [6.45, 7) is 4.58. The van der Waals surface area contributed by atoms with Gasteiger partial charge in [0.05, 0.1) is 13.2 Å². The summed E-state index contributed by atoms with van der Waals surface area (Å²) in [5.74, 6) is 0.960. The molecule has 2 rings (SSSR count). The van der Waals surface area contributed by atoms with Crippen molar-refractivity contribution in [3.8, 4) is 5.75 Å². The maximum Gasteiger partial charge on any atom is 0.237 e. The highest BCUT2D eigenvalue weighted by Gasteiger charge is 2.44. The van der Waals surface area contributed by atoms with Gasteiger partial charge in [-0.25, -0.2) is 0 Å². The number of carbonyl (C=O) groups is 1. The van der Waals surface area contributed by atoms with E-state index in [1.807, 2.05) is 26.0 Å². The zero-order chi connectivity index (χ0) is 14.8. The van der Waals surface area contributed by atoms with Crippen LogP contribution in [0.1, 0.15) is 32.3 Å². The summed E-state index contributed by atoms with van der Waals surface area (Å²) >= 11 is 0. The van der Waals surface area contributed by atoms with Crippen LogP contribution in [0.5, 0.6) is 5.75 Å². The summed E-state index contributed by atoms with van der Waals surface area (Å²) < 4.78 is 5.17. The molecule has 1 aliphatic rings. The predicted molar refractivity (Wildman–Crippen MR) is 79.7 cm³/mol. The number of nitrogens with one attached hydrogen (secondary N) is 1. The van der Waals surface area contributed by atoms with E-state index in [4.69, 9.17) is 10.5 Å². The molecule has 0 aliphatic heterocycles. The first kappa shape index (κ1) is 14.9.